The van der Waals surface area contributed by atoms with E-state index in [1.807, 2.05) is 13.0 Å². The van der Waals surface area contributed by atoms with Gasteiger partial charge in [-0.2, -0.15) is 0 Å². The van der Waals surface area contributed by atoms with E-state index in [1.54, 1.807) is 0 Å². The summed E-state index contributed by atoms with van der Waals surface area (Å²) in [7, 11) is 0. The summed E-state index contributed by atoms with van der Waals surface area (Å²) in [6.45, 7) is 5.89. The van der Waals surface area contributed by atoms with Crippen molar-refractivity contribution in [3.8, 4) is 0 Å². The lowest BCUT2D eigenvalue weighted by atomic mass is 10.1. The molecule has 1 saturated carbocycles. The van der Waals surface area contributed by atoms with Gasteiger partial charge in [0.15, 0.2) is 5.76 Å². The highest BCUT2D eigenvalue weighted by Crippen LogP contribution is 2.41. The lowest BCUT2D eigenvalue weighted by Crippen LogP contribution is -2.22. The van der Waals surface area contributed by atoms with Crippen LogP contribution in [-0.2, 0) is 6.54 Å². The molecule has 19 heavy (non-hydrogen) atoms. The summed E-state index contributed by atoms with van der Waals surface area (Å²) in [5.74, 6) is 1.73. The third-order valence-corrected chi connectivity index (χ3v) is 3.67. The molecule has 4 nitrogen and oxygen atoms in total. The Morgan fingerprint density at radius 3 is 3.00 bits per heavy atom. The molecule has 0 aromatic carbocycles. The molecule has 0 bridgehead atoms. The predicted molar refractivity (Wildman–Crippen MR) is 73.9 cm³/mol. The van der Waals surface area contributed by atoms with Crippen LogP contribution in [0.5, 0.6) is 0 Å². The highest BCUT2D eigenvalue weighted by Gasteiger charge is 2.32. The minimum atomic E-state index is 0.516. The van der Waals surface area contributed by atoms with E-state index in [1.165, 1.54) is 18.4 Å². The van der Waals surface area contributed by atoms with Gasteiger partial charge in [-0.1, -0.05) is 12.1 Å². The summed E-state index contributed by atoms with van der Waals surface area (Å²) in [5, 5.41) is 7.51. The first-order valence-electron chi connectivity index (χ1n) is 7.07. The van der Waals surface area contributed by atoms with Crippen LogP contribution in [0.25, 0.3) is 0 Å². The molecule has 1 aliphatic carbocycles. The van der Waals surface area contributed by atoms with Gasteiger partial charge in [-0.05, 0) is 43.9 Å². The highest BCUT2D eigenvalue weighted by molar-refractivity contribution is 5.19. The number of nitrogens with one attached hydrogen (secondary N) is 1. The summed E-state index contributed by atoms with van der Waals surface area (Å²) < 4.78 is 7.43. The number of aryl methyl sites for hydroxylation is 1. The van der Waals surface area contributed by atoms with Crippen LogP contribution in [0.2, 0.25) is 0 Å². The van der Waals surface area contributed by atoms with Gasteiger partial charge in [0.05, 0.1) is 12.2 Å². The summed E-state index contributed by atoms with van der Waals surface area (Å²) in [6, 6.07) is 4.72. The molecule has 3 rings (SSSR count). The molecular formula is C15H21N3O. The molecule has 2 aromatic rings. The molecule has 1 fully saturated rings. The van der Waals surface area contributed by atoms with E-state index in [2.05, 4.69) is 40.4 Å². The first-order valence-corrected chi connectivity index (χ1v) is 7.07. The van der Waals surface area contributed by atoms with E-state index in [0.717, 1.165) is 30.5 Å². The van der Waals surface area contributed by atoms with Gasteiger partial charge in [0, 0.05) is 24.5 Å². The Morgan fingerprint density at radius 1 is 1.53 bits per heavy atom. The van der Waals surface area contributed by atoms with Crippen LogP contribution in [0.4, 0.5) is 0 Å². The van der Waals surface area contributed by atoms with E-state index in [9.17, 15) is 0 Å². The van der Waals surface area contributed by atoms with Crippen molar-refractivity contribution in [1.82, 2.24) is 15.0 Å². The SMILES string of the molecule is CCNC(c1ccn(Cc2cc(C)no2)c1)C1CC1. The van der Waals surface area contributed by atoms with Gasteiger partial charge >= 0.3 is 0 Å². The molecule has 1 N–H and O–H groups in total. The van der Waals surface area contributed by atoms with E-state index >= 15 is 0 Å². The normalized spacial score (nSPS) is 16.7. The van der Waals surface area contributed by atoms with Crippen LogP contribution in [0.15, 0.2) is 29.0 Å². The van der Waals surface area contributed by atoms with Gasteiger partial charge in [-0.25, -0.2) is 0 Å². The molecule has 102 valence electrons. The zero-order valence-electron chi connectivity index (χ0n) is 11.6. The first-order chi connectivity index (χ1) is 9.26. The fraction of sp³-hybridized carbons (Fsp3) is 0.533. The number of aromatic nitrogens is 2. The minimum Gasteiger partial charge on any atom is -0.359 e. The second-order valence-corrected chi connectivity index (χ2v) is 5.42. The van der Waals surface area contributed by atoms with Crippen molar-refractivity contribution in [2.75, 3.05) is 6.54 Å². The van der Waals surface area contributed by atoms with Gasteiger partial charge in [0.2, 0.25) is 0 Å². The zero-order chi connectivity index (χ0) is 13.2. The number of nitrogens with zero attached hydrogens (tertiary/aromatic N) is 2. The topological polar surface area (TPSA) is 43.0 Å². The van der Waals surface area contributed by atoms with Crippen LogP contribution in [0, 0.1) is 12.8 Å². The second-order valence-electron chi connectivity index (χ2n) is 5.42. The summed E-state index contributed by atoms with van der Waals surface area (Å²) in [5.41, 5.74) is 2.33. The fourth-order valence-electron chi connectivity index (χ4n) is 2.62. The monoisotopic (exact) mass is 259 g/mol. The van der Waals surface area contributed by atoms with Crippen molar-refractivity contribution in [3.05, 3.63) is 41.5 Å². The van der Waals surface area contributed by atoms with Crippen LogP contribution < -0.4 is 5.32 Å². The fourth-order valence-corrected chi connectivity index (χ4v) is 2.62. The second kappa shape index (κ2) is 5.21. The average Bonchev–Trinajstić information content (AvgIpc) is 3.00. The number of hydrogen-bond donors (Lipinski definition) is 1. The van der Waals surface area contributed by atoms with Gasteiger partial charge in [0.25, 0.3) is 0 Å². The quantitative estimate of drug-likeness (QED) is 0.867. The Balaban J connectivity index is 1.71. The Labute approximate surface area is 113 Å². The van der Waals surface area contributed by atoms with Crippen molar-refractivity contribution in [2.45, 2.75) is 39.3 Å². The van der Waals surface area contributed by atoms with Gasteiger partial charge in [0.1, 0.15) is 0 Å². The van der Waals surface area contributed by atoms with Gasteiger partial charge in [-0.15, -0.1) is 0 Å². The predicted octanol–water partition coefficient (Wildman–Crippen LogP) is 2.89. The van der Waals surface area contributed by atoms with Crippen molar-refractivity contribution < 1.29 is 4.52 Å². The molecule has 1 unspecified atom stereocenters. The summed E-state index contributed by atoms with van der Waals surface area (Å²) in [6.07, 6.45) is 7.05. The maximum absolute atomic E-state index is 5.26. The smallest absolute Gasteiger partial charge is 0.156 e. The van der Waals surface area contributed by atoms with Crippen molar-refractivity contribution in [3.63, 3.8) is 0 Å². The molecule has 0 saturated heterocycles. The molecule has 0 spiro atoms. The maximum atomic E-state index is 5.26. The molecule has 0 radical (unpaired) electrons. The third kappa shape index (κ3) is 2.89. The maximum Gasteiger partial charge on any atom is 0.156 e. The molecule has 2 aromatic heterocycles. The third-order valence-electron chi connectivity index (χ3n) is 3.67. The zero-order valence-corrected chi connectivity index (χ0v) is 11.6. The Hall–Kier alpha value is -1.55. The van der Waals surface area contributed by atoms with Gasteiger partial charge in [-0.3, -0.25) is 0 Å². The standard InChI is InChI=1S/C15H21N3O/c1-3-16-15(12-4-5-12)13-6-7-18(9-13)10-14-8-11(2)17-19-14/h6-9,12,15-16H,3-5,10H2,1-2H3. The molecule has 0 amide bonds. The van der Waals surface area contributed by atoms with E-state index in [-0.39, 0.29) is 0 Å². The van der Waals surface area contributed by atoms with E-state index < -0.39 is 0 Å². The largest absolute Gasteiger partial charge is 0.359 e. The van der Waals surface area contributed by atoms with Crippen LogP contribution in [0.3, 0.4) is 0 Å². The number of hydrogen-bond acceptors (Lipinski definition) is 3. The molecule has 4 heteroatoms. The minimum absolute atomic E-state index is 0.516. The Kier molecular flexibility index (Phi) is 3.42. The summed E-state index contributed by atoms with van der Waals surface area (Å²) >= 11 is 0. The number of rotatable bonds is 6. The van der Waals surface area contributed by atoms with Crippen molar-refractivity contribution in [1.29, 1.82) is 0 Å². The molecule has 1 aliphatic rings. The first kappa shape index (κ1) is 12.5. The lowest BCUT2D eigenvalue weighted by molar-refractivity contribution is 0.373. The van der Waals surface area contributed by atoms with Crippen molar-refractivity contribution in [2.24, 2.45) is 5.92 Å². The van der Waals surface area contributed by atoms with Crippen molar-refractivity contribution >= 4 is 0 Å². The Morgan fingerprint density at radius 2 is 2.37 bits per heavy atom. The van der Waals surface area contributed by atoms with Crippen LogP contribution in [0.1, 0.15) is 42.8 Å². The molecule has 0 aliphatic heterocycles. The average molecular weight is 259 g/mol. The lowest BCUT2D eigenvalue weighted by Gasteiger charge is -2.15. The molecular weight excluding hydrogens is 238 g/mol. The van der Waals surface area contributed by atoms with E-state index in [4.69, 9.17) is 4.52 Å². The van der Waals surface area contributed by atoms with Crippen LogP contribution >= 0.6 is 0 Å². The Bertz CT molecular complexity index is 539. The van der Waals surface area contributed by atoms with Crippen LogP contribution in [-0.4, -0.2) is 16.3 Å². The summed E-state index contributed by atoms with van der Waals surface area (Å²) in [4.78, 5) is 0. The van der Waals surface area contributed by atoms with E-state index in [0.29, 0.717) is 6.04 Å². The van der Waals surface area contributed by atoms with Gasteiger partial charge < -0.3 is 14.4 Å². The molecule has 1 atom stereocenters. The molecule has 2 heterocycles. The highest BCUT2D eigenvalue weighted by atomic mass is 16.5.